The molecule has 1 aliphatic rings. The van der Waals surface area contributed by atoms with Gasteiger partial charge in [0.05, 0.1) is 11.4 Å². The molecule has 0 amide bonds. The van der Waals surface area contributed by atoms with Gasteiger partial charge >= 0.3 is 0 Å². The van der Waals surface area contributed by atoms with Gasteiger partial charge in [-0.1, -0.05) is 30.3 Å². The Morgan fingerprint density at radius 2 is 2.04 bits per heavy atom. The van der Waals surface area contributed by atoms with E-state index in [4.69, 9.17) is 9.97 Å². The van der Waals surface area contributed by atoms with Crippen molar-refractivity contribution in [2.75, 3.05) is 11.9 Å². The zero-order valence-electron chi connectivity index (χ0n) is 15.2. The molecule has 0 fully saturated rings. The Hall–Kier alpha value is -2.73. The lowest BCUT2D eigenvalue weighted by atomic mass is 10.1. The Labute approximate surface area is 153 Å². The van der Waals surface area contributed by atoms with Gasteiger partial charge in [-0.05, 0) is 32.9 Å². The normalized spacial score (nSPS) is 14.7. The number of aryl methyl sites for hydroxylation is 1. The zero-order valence-corrected chi connectivity index (χ0v) is 15.2. The van der Waals surface area contributed by atoms with Gasteiger partial charge in [-0.25, -0.2) is 9.97 Å². The Morgan fingerprint density at radius 3 is 2.81 bits per heavy atom. The largest absolute Gasteiger partial charge is 0.367 e. The summed E-state index contributed by atoms with van der Waals surface area (Å²) in [6, 6.07) is 12.5. The van der Waals surface area contributed by atoms with E-state index < -0.39 is 0 Å². The molecule has 0 saturated heterocycles. The molecule has 1 atom stereocenters. The van der Waals surface area contributed by atoms with Gasteiger partial charge in [0.1, 0.15) is 5.82 Å². The van der Waals surface area contributed by atoms with E-state index in [2.05, 4.69) is 46.0 Å². The van der Waals surface area contributed by atoms with E-state index in [1.165, 1.54) is 5.56 Å². The van der Waals surface area contributed by atoms with Crippen molar-refractivity contribution in [3.05, 3.63) is 59.0 Å². The predicted molar refractivity (Wildman–Crippen MR) is 103 cm³/mol. The lowest BCUT2D eigenvalue weighted by Gasteiger charge is -2.23. The van der Waals surface area contributed by atoms with Crippen molar-refractivity contribution in [3.63, 3.8) is 0 Å². The van der Waals surface area contributed by atoms with E-state index in [1.54, 1.807) is 0 Å². The summed E-state index contributed by atoms with van der Waals surface area (Å²) < 4.78 is 0. The summed E-state index contributed by atoms with van der Waals surface area (Å²) in [4.78, 5) is 9.67. The minimum atomic E-state index is 0.232. The molecule has 0 aliphatic carbocycles. The van der Waals surface area contributed by atoms with E-state index in [9.17, 15) is 0 Å². The third-order valence-electron chi connectivity index (χ3n) is 4.63. The Morgan fingerprint density at radius 1 is 1.19 bits per heavy atom. The molecular formula is C20H24N6. The number of anilines is 1. The second-order valence-electron chi connectivity index (χ2n) is 6.91. The molecule has 3 aromatic rings. The van der Waals surface area contributed by atoms with Crippen LogP contribution in [0.4, 0.5) is 5.82 Å². The van der Waals surface area contributed by atoms with Crippen molar-refractivity contribution in [3.8, 4) is 11.4 Å². The van der Waals surface area contributed by atoms with E-state index >= 15 is 0 Å². The number of aromatic nitrogens is 4. The smallest absolute Gasteiger partial charge is 0.161 e. The fourth-order valence-corrected chi connectivity index (χ4v) is 3.37. The standard InChI is InChI=1S/C20H24N6/c1-13(10-16-11-14(2)25-26-16)22-20-17-8-9-21-12-18(17)23-19(24-20)15-6-4-3-5-7-15/h3-7,11,13,21H,8-10,12H2,1-2H3,(H,25,26)(H,22,23,24)/t13-/m0/s1. The molecule has 26 heavy (non-hydrogen) atoms. The number of aromatic amines is 1. The predicted octanol–water partition coefficient (Wildman–Crippen LogP) is 2.86. The van der Waals surface area contributed by atoms with Crippen LogP contribution in [0.25, 0.3) is 11.4 Å². The maximum absolute atomic E-state index is 4.86. The van der Waals surface area contributed by atoms with Gasteiger partial charge in [0, 0.05) is 35.8 Å². The third-order valence-corrected chi connectivity index (χ3v) is 4.63. The summed E-state index contributed by atoms with van der Waals surface area (Å²) in [6.45, 7) is 5.94. The number of nitrogens with zero attached hydrogens (tertiary/aromatic N) is 3. The molecule has 4 rings (SSSR count). The second kappa shape index (κ2) is 7.25. The van der Waals surface area contributed by atoms with Crippen molar-refractivity contribution in [1.29, 1.82) is 0 Å². The number of fused-ring (bicyclic) bond motifs is 1. The van der Waals surface area contributed by atoms with Crippen LogP contribution in [0.15, 0.2) is 36.4 Å². The SMILES string of the molecule is Cc1cc(C[C@H](C)Nc2nc(-c3ccccc3)nc3c2CCNC3)n[nH]1. The molecule has 3 N–H and O–H groups in total. The quantitative estimate of drug-likeness (QED) is 0.661. The summed E-state index contributed by atoms with van der Waals surface area (Å²) in [5.41, 5.74) is 5.52. The molecule has 0 unspecified atom stereocenters. The van der Waals surface area contributed by atoms with Crippen molar-refractivity contribution in [2.45, 2.75) is 39.3 Å². The summed E-state index contributed by atoms with van der Waals surface area (Å²) in [5, 5.41) is 14.4. The highest BCUT2D eigenvalue weighted by molar-refractivity contribution is 5.60. The highest BCUT2D eigenvalue weighted by Crippen LogP contribution is 2.25. The third kappa shape index (κ3) is 3.60. The van der Waals surface area contributed by atoms with E-state index in [1.807, 2.05) is 25.1 Å². The van der Waals surface area contributed by atoms with Crippen LogP contribution in [-0.2, 0) is 19.4 Å². The first-order chi connectivity index (χ1) is 12.7. The maximum atomic E-state index is 4.86. The highest BCUT2D eigenvalue weighted by atomic mass is 15.1. The number of benzene rings is 1. The van der Waals surface area contributed by atoms with Crippen LogP contribution in [0.3, 0.4) is 0 Å². The molecular weight excluding hydrogens is 324 g/mol. The van der Waals surface area contributed by atoms with Crippen LogP contribution in [-0.4, -0.2) is 32.8 Å². The maximum Gasteiger partial charge on any atom is 0.161 e. The van der Waals surface area contributed by atoms with Crippen LogP contribution in [0.2, 0.25) is 0 Å². The summed E-state index contributed by atoms with van der Waals surface area (Å²) >= 11 is 0. The highest BCUT2D eigenvalue weighted by Gasteiger charge is 2.19. The van der Waals surface area contributed by atoms with Crippen LogP contribution < -0.4 is 10.6 Å². The summed E-state index contributed by atoms with van der Waals surface area (Å²) in [6.07, 6.45) is 1.79. The number of hydrogen-bond donors (Lipinski definition) is 3. The number of nitrogens with one attached hydrogen (secondary N) is 3. The molecule has 0 radical (unpaired) electrons. The Kier molecular flexibility index (Phi) is 4.67. The lowest BCUT2D eigenvalue weighted by Crippen LogP contribution is -2.28. The molecule has 0 spiro atoms. The summed E-state index contributed by atoms with van der Waals surface area (Å²) in [5.74, 6) is 1.73. The van der Waals surface area contributed by atoms with Gasteiger partial charge in [-0.15, -0.1) is 0 Å². The first-order valence-corrected chi connectivity index (χ1v) is 9.12. The average molecular weight is 348 g/mol. The lowest BCUT2D eigenvalue weighted by molar-refractivity contribution is 0.623. The van der Waals surface area contributed by atoms with Crippen LogP contribution in [0.1, 0.15) is 29.6 Å². The zero-order chi connectivity index (χ0) is 17.9. The molecule has 3 heterocycles. The van der Waals surface area contributed by atoms with Crippen LogP contribution in [0, 0.1) is 6.92 Å². The molecule has 6 nitrogen and oxygen atoms in total. The van der Waals surface area contributed by atoms with Crippen molar-refractivity contribution < 1.29 is 0 Å². The van der Waals surface area contributed by atoms with Gasteiger partial charge < -0.3 is 10.6 Å². The molecule has 6 heteroatoms. The molecule has 1 aromatic carbocycles. The van der Waals surface area contributed by atoms with Gasteiger partial charge in [0.2, 0.25) is 0 Å². The van der Waals surface area contributed by atoms with Crippen molar-refractivity contribution >= 4 is 5.82 Å². The summed E-state index contributed by atoms with van der Waals surface area (Å²) in [7, 11) is 0. The van der Waals surface area contributed by atoms with Gasteiger partial charge in [0.25, 0.3) is 0 Å². The minimum absolute atomic E-state index is 0.232. The second-order valence-corrected chi connectivity index (χ2v) is 6.91. The van der Waals surface area contributed by atoms with Crippen molar-refractivity contribution in [2.24, 2.45) is 0 Å². The van der Waals surface area contributed by atoms with E-state index in [0.29, 0.717) is 0 Å². The molecule has 1 aliphatic heterocycles. The molecule has 0 saturated carbocycles. The minimum Gasteiger partial charge on any atom is -0.367 e. The Bertz CT molecular complexity index is 887. The van der Waals surface area contributed by atoms with Crippen LogP contribution >= 0.6 is 0 Å². The van der Waals surface area contributed by atoms with E-state index in [-0.39, 0.29) is 6.04 Å². The number of H-pyrrole nitrogens is 1. The fraction of sp³-hybridized carbons (Fsp3) is 0.350. The van der Waals surface area contributed by atoms with Crippen molar-refractivity contribution in [1.82, 2.24) is 25.5 Å². The molecule has 0 bridgehead atoms. The monoisotopic (exact) mass is 348 g/mol. The number of rotatable bonds is 5. The Balaban J connectivity index is 1.63. The fourth-order valence-electron chi connectivity index (χ4n) is 3.37. The van der Waals surface area contributed by atoms with Crippen LogP contribution in [0.5, 0.6) is 0 Å². The topological polar surface area (TPSA) is 78.5 Å². The first kappa shape index (κ1) is 16.7. The van der Waals surface area contributed by atoms with E-state index in [0.717, 1.165) is 60.2 Å². The van der Waals surface area contributed by atoms with Gasteiger partial charge in [-0.3, -0.25) is 5.10 Å². The first-order valence-electron chi connectivity index (χ1n) is 9.12. The average Bonchev–Trinajstić information content (AvgIpc) is 3.07. The molecule has 134 valence electrons. The molecule has 2 aromatic heterocycles. The number of hydrogen-bond acceptors (Lipinski definition) is 5. The van der Waals surface area contributed by atoms with Gasteiger partial charge in [0.15, 0.2) is 5.82 Å². The van der Waals surface area contributed by atoms with Gasteiger partial charge in [-0.2, -0.15) is 5.10 Å².